The molecule has 0 fully saturated rings. The molecule has 1 heterocycles. The van der Waals surface area contributed by atoms with Gasteiger partial charge >= 0.3 is 0 Å². The van der Waals surface area contributed by atoms with Gasteiger partial charge in [0.1, 0.15) is 11.6 Å². The van der Waals surface area contributed by atoms with Crippen molar-refractivity contribution in [2.45, 2.75) is 12.8 Å². The lowest BCUT2D eigenvalue weighted by molar-refractivity contribution is 0.284. The van der Waals surface area contributed by atoms with E-state index >= 15 is 0 Å². The number of halogens is 1. The first-order valence-electron chi connectivity index (χ1n) is 3.78. The Hall–Kier alpha value is -1.05. The minimum Gasteiger partial charge on any atom is -0.493 e. The SMILES string of the molecule is Fc1cccc2c1CCCO2. The molecule has 11 heavy (non-hydrogen) atoms. The summed E-state index contributed by atoms with van der Waals surface area (Å²) in [5.41, 5.74) is 0.735. The van der Waals surface area contributed by atoms with Crippen LogP contribution in [0, 0.1) is 5.82 Å². The van der Waals surface area contributed by atoms with Crippen LogP contribution in [0.3, 0.4) is 0 Å². The van der Waals surface area contributed by atoms with Crippen LogP contribution in [0.4, 0.5) is 4.39 Å². The van der Waals surface area contributed by atoms with Crippen molar-refractivity contribution in [3.63, 3.8) is 0 Å². The quantitative estimate of drug-likeness (QED) is 0.553. The molecule has 1 aromatic carbocycles. The average Bonchev–Trinajstić information content (AvgIpc) is 2.06. The van der Waals surface area contributed by atoms with E-state index in [1.54, 1.807) is 6.07 Å². The van der Waals surface area contributed by atoms with Crippen LogP contribution in [0.5, 0.6) is 5.75 Å². The number of rotatable bonds is 0. The molecule has 0 unspecified atom stereocenters. The Morgan fingerprint density at radius 2 is 2.27 bits per heavy atom. The van der Waals surface area contributed by atoms with Gasteiger partial charge in [-0.2, -0.15) is 0 Å². The fraction of sp³-hybridized carbons (Fsp3) is 0.333. The summed E-state index contributed by atoms with van der Waals surface area (Å²) in [6.07, 6.45) is 1.73. The molecule has 0 saturated carbocycles. The van der Waals surface area contributed by atoms with Gasteiger partial charge in [0, 0.05) is 5.56 Å². The summed E-state index contributed by atoms with van der Waals surface area (Å²) in [4.78, 5) is 0. The van der Waals surface area contributed by atoms with Gasteiger partial charge in [-0.3, -0.25) is 0 Å². The molecule has 0 aliphatic carbocycles. The van der Waals surface area contributed by atoms with Crippen LogP contribution in [0.25, 0.3) is 0 Å². The van der Waals surface area contributed by atoms with Crippen molar-refractivity contribution in [2.24, 2.45) is 0 Å². The topological polar surface area (TPSA) is 9.23 Å². The second-order valence-corrected chi connectivity index (χ2v) is 2.67. The van der Waals surface area contributed by atoms with E-state index in [9.17, 15) is 4.39 Å². The molecule has 0 N–H and O–H groups in total. The fourth-order valence-corrected chi connectivity index (χ4v) is 1.35. The van der Waals surface area contributed by atoms with Crippen LogP contribution >= 0.6 is 0 Å². The zero-order valence-corrected chi connectivity index (χ0v) is 6.14. The molecule has 1 aliphatic heterocycles. The number of hydrogen-bond donors (Lipinski definition) is 0. The molecule has 58 valence electrons. The standard InChI is InChI=1S/C9H9FO/c10-8-4-1-5-9-7(8)3-2-6-11-9/h1,4-5H,2-3,6H2. The summed E-state index contributed by atoms with van der Waals surface area (Å²) in [5, 5.41) is 0. The monoisotopic (exact) mass is 152 g/mol. The lowest BCUT2D eigenvalue weighted by Gasteiger charge is -2.16. The minimum atomic E-state index is -0.137. The van der Waals surface area contributed by atoms with Gasteiger partial charge < -0.3 is 4.74 Å². The van der Waals surface area contributed by atoms with Crippen LogP contribution in [-0.4, -0.2) is 6.61 Å². The molecular formula is C9H9FO. The third-order valence-electron chi connectivity index (χ3n) is 1.90. The maximum atomic E-state index is 13.0. The smallest absolute Gasteiger partial charge is 0.130 e. The van der Waals surface area contributed by atoms with E-state index in [2.05, 4.69) is 0 Å². The Labute approximate surface area is 64.8 Å². The Morgan fingerprint density at radius 1 is 1.36 bits per heavy atom. The molecule has 0 saturated heterocycles. The highest BCUT2D eigenvalue weighted by atomic mass is 19.1. The molecule has 2 heteroatoms. The van der Waals surface area contributed by atoms with Crippen LogP contribution in [0.2, 0.25) is 0 Å². The van der Waals surface area contributed by atoms with Gasteiger partial charge in [-0.15, -0.1) is 0 Å². The van der Waals surface area contributed by atoms with Crippen LogP contribution in [0.15, 0.2) is 18.2 Å². The molecule has 1 nitrogen and oxygen atoms in total. The molecule has 0 atom stereocenters. The van der Waals surface area contributed by atoms with Crippen LogP contribution in [-0.2, 0) is 6.42 Å². The predicted octanol–water partition coefficient (Wildman–Crippen LogP) is 2.15. The van der Waals surface area contributed by atoms with Gasteiger partial charge in [0.15, 0.2) is 0 Å². The Bertz CT molecular complexity index is 270. The second-order valence-electron chi connectivity index (χ2n) is 2.67. The van der Waals surface area contributed by atoms with Crippen molar-refractivity contribution >= 4 is 0 Å². The summed E-state index contributed by atoms with van der Waals surface area (Å²) in [6.45, 7) is 0.719. The molecule has 1 aliphatic rings. The Balaban J connectivity index is 2.49. The van der Waals surface area contributed by atoms with Gasteiger partial charge in [0.25, 0.3) is 0 Å². The largest absolute Gasteiger partial charge is 0.493 e. The predicted molar refractivity (Wildman–Crippen MR) is 40.2 cm³/mol. The highest BCUT2D eigenvalue weighted by Gasteiger charge is 2.12. The van der Waals surface area contributed by atoms with Crippen molar-refractivity contribution in [1.82, 2.24) is 0 Å². The van der Waals surface area contributed by atoms with Crippen molar-refractivity contribution in [2.75, 3.05) is 6.61 Å². The van der Waals surface area contributed by atoms with Crippen molar-refractivity contribution in [3.05, 3.63) is 29.6 Å². The van der Waals surface area contributed by atoms with Crippen molar-refractivity contribution < 1.29 is 9.13 Å². The number of fused-ring (bicyclic) bond motifs is 1. The van der Waals surface area contributed by atoms with E-state index in [0.29, 0.717) is 0 Å². The number of hydrogen-bond acceptors (Lipinski definition) is 1. The van der Waals surface area contributed by atoms with Gasteiger partial charge in [-0.05, 0) is 25.0 Å². The molecule has 0 radical (unpaired) electrons. The van der Waals surface area contributed by atoms with E-state index in [0.717, 1.165) is 30.8 Å². The van der Waals surface area contributed by atoms with Gasteiger partial charge in [-0.1, -0.05) is 6.07 Å². The van der Waals surface area contributed by atoms with E-state index in [1.165, 1.54) is 6.07 Å². The first-order valence-corrected chi connectivity index (χ1v) is 3.78. The lowest BCUT2D eigenvalue weighted by atomic mass is 10.1. The third kappa shape index (κ3) is 1.09. The number of benzene rings is 1. The molecular weight excluding hydrogens is 143 g/mol. The van der Waals surface area contributed by atoms with Gasteiger partial charge in [0.2, 0.25) is 0 Å². The van der Waals surface area contributed by atoms with E-state index in [1.807, 2.05) is 6.07 Å². The maximum Gasteiger partial charge on any atom is 0.130 e. The molecule has 1 aromatic rings. The summed E-state index contributed by atoms with van der Waals surface area (Å²) in [7, 11) is 0. The summed E-state index contributed by atoms with van der Waals surface area (Å²) in [5.74, 6) is 0.582. The summed E-state index contributed by atoms with van der Waals surface area (Å²) in [6, 6.07) is 4.98. The van der Waals surface area contributed by atoms with E-state index in [-0.39, 0.29) is 5.82 Å². The lowest BCUT2D eigenvalue weighted by Crippen LogP contribution is -2.09. The molecule has 0 amide bonds. The van der Waals surface area contributed by atoms with Gasteiger partial charge in [-0.25, -0.2) is 4.39 Å². The van der Waals surface area contributed by atoms with Crippen LogP contribution in [0.1, 0.15) is 12.0 Å². The second kappa shape index (κ2) is 2.53. The zero-order chi connectivity index (χ0) is 7.68. The highest BCUT2D eigenvalue weighted by molar-refractivity contribution is 5.35. The molecule has 0 spiro atoms. The van der Waals surface area contributed by atoms with Gasteiger partial charge in [0.05, 0.1) is 6.61 Å². The molecule has 0 bridgehead atoms. The highest BCUT2D eigenvalue weighted by Crippen LogP contribution is 2.26. The van der Waals surface area contributed by atoms with E-state index < -0.39 is 0 Å². The van der Waals surface area contributed by atoms with Crippen LogP contribution < -0.4 is 4.74 Å². The summed E-state index contributed by atoms with van der Waals surface area (Å²) >= 11 is 0. The normalized spacial score (nSPS) is 15.4. The zero-order valence-electron chi connectivity index (χ0n) is 6.14. The minimum absolute atomic E-state index is 0.137. The molecule has 0 aromatic heterocycles. The maximum absolute atomic E-state index is 13.0. The van der Waals surface area contributed by atoms with Crippen molar-refractivity contribution in [3.8, 4) is 5.75 Å². The fourth-order valence-electron chi connectivity index (χ4n) is 1.35. The summed E-state index contributed by atoms with van der Waals surface area (Å²) < 4.78 is 18.3. The first kappa shape index (κ1) is 6.65. The Kier molecular flexibility index (Phi) is 1.53. The first-order chi connectivity index (χ1) is 5.38. The van der Waals surface area contributed by atoms with Crippen molar-refractivity contribution in [1.29, 1.82) is 0 Å². The molecule has 2 rings (SSSR count). The van der Waals surface area contributed by atoms with E-state index in [4.69, 9.17) is 4.74 Å². The average molecular weight is 152 g/mol. The third-order valence-corrected chi connectivity index (χ3v) is 1.90. The Morgan fingerprint density at radius 3 is 3.09 bits per heavy atom. The number of ether oxygens (including phenoxy) is 1.